The van der Waals surface area contributed by atoms with Gasteiger partial charge in [-0.2, -0.15) is 0 Å². The highest BCUT2D eigenvalue weighted by atomic mass is 35.5. The molecule has 0 amide bonds. The average Bonchev–Trinajstić information content (AvgIpc) is 2.49. The Balaban J connectivity index is 1.70. The quantitative estimate of drug-likeness (QED) is 0.667. The van der Waals surface area contributed by atoms with Gasteiger partial charge in [0.1, 0.15) is 34.5 Å². The second-order valence-electron chi connectivity index (χ2n) is 4.03. The summed E-state index contributed by atoms with van der Waals surface area (Å²) in [5, 5.41) is 0.621. The lowest BCUT2D eigenvalue weighted by Gasteiger charge is -2.07. The van der Waals surface area contributed by atoms with E-state index < -0.39 is 0 Å². The highest BCUT2D eigenvalue weighted by molar-refractivity contribution is 6.29. The molecule has 0 spiro atoms. The predicted molar refractivity (Wildman–Crippen MR) is 80.7 cm³/mol. The van der Waals surface area contributed by atoms with Crippen LogP contribution in [0.2, 0.25) is 10.3 Å². The summed E-state index contributed by atoms with van der Waals surface area (Å²) in [6.45, 7) is 0. The van der Waals surface area contributed by atoms with Crippen LogP contribution in [-0.2, 0) is 0 Å². The molecule has 6 nitrogen and oxygen atoms in total. The van der Waals surface area contributed by atoms with Crippen LogP contribution in [-0.4, -0.2) is 19.9 Å². The first-order valence-corrected chi connectivity index (χ1v) is 6.85. The number of halogens is 2. The Labute approximate surface area is 135 Å². The molecule has 2 aromatic heterocycles. The summed E-state index contributed by atoms with van der Waals surface area (Å²) in [7, 11) is 0. The third-order valence-corrected chi connectivity index (χ3v) is 2.90. The van der Waals surface area contributed by atoms with Gasteiger partial charge in [-0.3, -0.25) is 0 Å². The molecule has 0 N–H and O–H groups in total. The minimum absolute atomic E-state index is 0.311. The molecule has 0 aliphatic heterocycles. The number of hydrogen-bond donors (Lipinski definition) is 0. The lowest BCUT2D eigenvalue weighted by atomic mass is 10.3. The van der Waals surface area contributed by atoms with E-state index in [9.17, 15) is 0 Å². The molecule has 3 aromatic rings. The van der Waals surface area contributed by atoms with Gasteiger partial charge in [0.15, 0.2) is 0 Å². The van der Waals surface area contributed by atoms with E-state index in [4.69, 9.17) is 32.7 Å². The molecule has 0 atom stereocenters. The summed E-state index contributed by atoms with van der Waals surface area (Å²) in [5.41, 5.74) is 0. The van der Waals surface area contributed by atoms with Crippen molar-refractivity contribution in [1.29, 1.82) is 0 Å². The van der Waals surface area contributed by atoms with Crippen LogP contribution >= 0.6 is 23.2 Å². The van der Waals surface area contributed by atoms with E-state index in [2.05, 4.69) is 19.9 Å². The van der Waals surface area contributed by atoms with Gasteiger partial charge in [0.2, 0.25) is 11.8 Å². The number of nitrogens with zero attached hydrogens (tertiary/aromatic N) is 4. The molecule has 0 saturated heterocycles. The van der Waals surface area contributed by atoms with E-state index in [1.807, 2.05) is 0 Å². The van der Waals surface area contributed by atoms with Gasteiger partial charge in [-0.05, 0) is 24.3 Å². The summed E-state index contributed by atoms with van der Waals surface area (Å²) in [4.78, 5) is 15.5. The zero-order chi connectivity index (χ0) is 15.4. The minimum Gasteiger partial charge on any atom is -0.439 e. The van der Waals surface area contributed by atoms with Gasteiger partial charge in [0.05, 0.1) is 0 Å². The van der Waals surface area contributed by atoms with Crippen molar-refractivity contribution in [3.05, 3.63) is 59.4 Å². The fourth-order valence-corrected chi connectivity index (χ4v) is 1.84. The van der Waals surface area contributed by atoms with Crippen LogP contribution < -0.4 is 9.47 Å². The topological polar surface area (TPSA) is 70.0 Å². The first-order valence-electron chi connectivity index (χ1n) is 6.10. The van der Waals surface area contributed by atoms with E-state index in [0.29, 0.717) is 33.6 Å². The highest BCUT2D eigenvalue weighted by Crippen LogP contribution is 2.26. The number of aromatic nitrogens is 4. The van der Waals surface area contributed by atoms with Crippen molar-refractivity contribution in [2.75, 3.05) is 0 Å². The van der Waals surface area contributed by atoms with E-state index in [0.717, 1.165) is 0 Å². The SMILES string of the molecule is Clc1cc(Oc2ccc(Oc3cc(Cl)ncn3)cc2)ncn1. The molecule has 0 aliphatic rings. The van der Waals surface area contributed by atoms with Gasteiger partial charge in [0.25, 0.3) is 0 Å². The molecule has 0 bridgehead atoms. The summed E-state index contributed by atoms with van der Waals surface area (Å²) in [5.74, 6) is 1.89. The van der Waals surface area contributed by atoms with Crippen molar-refractivity contribution >= 4 is 23.2 Å². The fraction of sp³-hybridized carbons (Fsp3) is 0. The maximum absolute atomic E-state index is 5.77. The summed E-state index contributed by atoms with van der Waals surface area (Å²) >= 11 is 11.5. The van der Waals surface area contributed by atoms with Crippen molar-refractivity contribution in [2.24, 2.45) is 0 Å². The predicted octanol–water partition coefficient (Wildman–Crippen LogP) is 4.16. The molecule has 0 radical (unpaired) electrons. The van der Waals surface area contributed by atoms with Crippen molar-refractivity contribution < 1.29 is 9.47 Å². The molecule has 110 valence electrons. The van der Waals surface area contributed by atoms with Gasteiger partial charge in [-0.1, -0.05) is 23.2 Å². The molecule has 0 unspecified atom stereocenters. The number of benzene rings is 1. The number of ether oxygens (including phenoxy) is 2. The third-order valence-electron chi connectivity index (χ3n) is 2.49. The molecule has 1 aromatic carbocycles. The summed E-state index contributed by atoms with van der Waals surface area (Å²) < 4.78 is 11.1. The van der Waals surface area contributed by atoms with E-state index in [1.54, 1.807) is 24.3 Å². The molecule has 3 rings (SSSR count). The largest absolute Gasteiger partial charge is 0.439 e. The van der Waals surface area contributed by atoms with Crippen LogP contribution in [0.15, 0.2) is 49.1 Å². The molecule has 0 saturated carbocycles. The van der Waals surface area contributed by atoms with Crippen LogP contribution in [0.3, 0.4) is 0 Å². The van der Waals surface area contributed by atoms with Crippen LogP contribution in [0.25, 0.3) is 0 Å². The normalized spacial score (nSPS) is 10.3. The van der Waals surface area contributed by atoms with Crippen molar-refractivity contribution in [2.45, 2.75) is 0 Å². The van der Waals surface area contributed by atoms with Gasteiger partial charge in [-0.25, -0.2) is 19.9 Å². The molecule has 0 aliphatic carbocycles. The Kier molecular flexibility index (Phi) is 4.32. The summed E-state index contributed by atoms with van der Waals surface area (Å²) in [6, 6.07) is 9.97. The van der Waals surface area contributed by atoms with Gasteiger partial charge in [0, 0.05) is 12.1 Å². The number of rotatable bonds is 4. The molecule has 2 heterocycles. The Bertz CT molecular complexity index is 717. The van der Waals surface area contributed by atoms with Crippen LogP contribution in [0.4, 0.5) is 0 Å². The summed E-state index contributed by atoms with van der Waals surface area (Å²) in [6.07, 6.45) is 2.65. The molecular weight excluding hydrogens is 327 g/mol. The Morgan fingerprint density at radius 2 is 1.05 bits per heavy atom. The zero-order valence-electron chi connectivity index (χ0n) is 11.0. The molecule has 0 fully saturated rings. The van der Waals surface area contributed by atoms with Crippen LogP contribution in [0.5, 0.6) is 23.3 Å². The number of hydrogen-bond acceptors (Lipinski definition) is 6. The maximum Gasteiger partial charge on any atom is 0.223 e. The van der Waals surface area contributed by atoms with Crippen molar-refractivity contribution in [3.8, 4) is 23.3 Å². The Morgan fingerprint density at radius 1 is 0.636 bits per heavy atom. The highest BCUT2D eigenvalue weighted by Gasteiger charge is 2.03. The maximum atomic E-state index is 5.77. The monoisotopic (exact) mass is 334 g/mol. The zero-order valence-corrected chi connectivity index (χ0v) is 12.5. The lowest BCUT2D eigenvalue weighted by Crippen LogP contribution is -1.91. The second-order valence-corrected chi connectivity index (χ2v) is 4.81. The lowest BCUT2D eigenvalue weighted by molar-refractivity contribution is 0.449. The van der Waals surface area contributed by atoms with Crippen molar-refractivity contribution in [3.63, 3.8) is 0 Å². The fourth-order valence-electron chi connectivity index (χ4n) is 1.56. The first-order chi connectivity index (χ1) is 10.7. The molecule has 8 heteroatoms. The Morgan fingerprint density at radius 3 is 1.41 bits per heavy atom. The smallest absolute Gasteiger partial charge is 0.223 e. The van der Waals surface area contributed by atoms with E-state index in [1.165, 1.54) is 24.8 Å². The van der Waals surface area contributed by atoms with Gasteiger partial charge < -0.3 is 9.47 Å². The Hall–Kier alpha value is -2.44. The van der Waals surface area contributed by atoms with Crippen molar-refractivity contribution in [1.82, 2.24) is 19.9 Å². The standard InChI is InChI=1S/C14H8Cl2N4O2/c15-11-5-13(19-7-17-11)21-9-1-2-10(4-3-9)22-14-6-12(16)18-8-20-14/h1-8H. The van der Waals surface area contributed by atoms with E-state index in [-0.39, 0.29) is 0 Å². The average molecular weight is 335 g/mol. The van der Waals surface area contributed by atoms with Crippen LogP contribution in [0.1, 0.15) is 0 Å². The van der Waals surface area contributed by atoms with Crippen LogP contribution in [0, 0.1) is 0 Å². The van der Waals surface area contributed by atoms with Gasteiger partial charge >= 0.3 is 0 Å². The second kappa shape index (κ2) is 6.55. The molecule has 22 heavy (non-hydrogen) atoms. The first kappa shape index (κ1) is 14.5. The third kappa shape index (κ3) is 3.81. The van der Waals surface area contributed by atoms with E-state index >= 15 is 0 Å². The minimum atomic E-state index is 0.311. The molecular formula is C14H8Cl2N4O2. The van der Waals surface area contributed by atoms with Gasteiger partial charge in [-0.15, -0.1) is 0 Å².